The molecular formula is C13H11ClF4N2O. The van der Waals surface area contributed by atoms with Crippen molar-refractivity contribution < 1.29 is 22.3 Å². The van der Waals surface area contributed by atoms with Crippen molar-refractivity contribution in [2.45, 2.75) is 12.4 Å². The van der Waals surface area contributed by atoms with Crippen molar-refractivity contribution in [3.63, 3.8) is 0 Å². The fraction of sp³-hybridized carbons (Fsp3) is 0.154. The Morgan fingerprint density at radius 1 is 1.10 bits per heavy atom. The van der Waals surface area contributed by atoms with Gasteiger partial charge in [-0.1, -0.05) is 18.2 Å². The topological polar surface area (TPSA) is 48.1 Å². The third-order valence-corrected chi connectivity index (χ3v) is 2.60. The summed E-state index contributed by atoms with van der Waals surface area (Å²) in [6.45, 7) is 0. The molecule has 1 aromatic carbocycles. The number of benzene rings is 1. The number of rotatable bonds is 3. The first-order chi connectivity index (χ1) is 9.37. The van der Waals surface area contributed by atoms with Crippen LogP contribution in [0.4, 0.5) is 17.6 Å². The number of alkyl halides is 3. The normalized spacial score (nSPS) is 12.4. The Morgan fingerprint density at radius 2 is 1.71 bits per heavy atom. The molecule has 0 aliphatic rings. The molecule has 0 saturated heterocycles. The summed E-state index contributed by atoms with van der Waals surface area (Å²) in [5.74, 6) is -1.07. The molecule has 0 amide bonds. The molecule has 2 N–H and O–H groups in total. The van der Waals surface area contributed by atoms with E-state index in [1.54, 1.807) is 0 Å². The van der Waals surface area contributed by atoms with Crippen molar-refractivity contribution in [3.05, 3.63) is 59.7 Å². The quantitative estimate of drug-likeness (QED) is 0.694. The first-order valence-corrected chi connectivity index (χ1v) is 5.58. The van der Waals surface area contributed by atoms with Crippen molar-refractivity contribution in [2.75, 3.05) is 0 Å². The molecule has 114 valence electrons. The van der Waals surface area contributed by atoms with E-state index in [4.69, 9.17) is 5.73 Å². The molecule has 1 atom stereocenters. The lowest BCUT2D eigenvalue weighted by Crippen LogP contribution is -2.17. The average Bonchev–Trinajstić information content (AvgIpc) is 2.37. The van der Waals surface area contributed by atoms with E-state index in [0.717, 1.165) is 12.1 Å². The number of nitrogens with zero attached hydrogens (tertiary/aromatic N) is 1. The van der Waals surface area contributed by atoms with E-state index in [2.05, 4.69) is 9.72 Å². The number of halogens is 5. The maximum Gasteiger partial charge on any atom is 0.573 e. The monoisotopic (exact) mass is 322 g/mol. The van der Waals surface area contributed by atoms with Crippen LogP contribution in [0.1, 0.15) is 17.2 Å². The highest BCUT2D eigenvalue weighted by Crippen LogP contribution is 2.26. The van der Waals surface area contributed by atoms with E-state index in [0.29, 0.717) is 5.56 Å². The van der Waals surface area contributed by atoms with Gasteiger partial charge >= 0.3 is 6.36 Å². The number of hydrogen-bond donors (Lipinski definition) is 1. The van der Waals surface area contributed by atoms with E-state index >= 15 is 0 Å². The highest BCUT2D eigenvalue weighted by Gasteiger charge is 2.31. The Morgan fingerprint density at radius 3 is 2.24 bits per heavy atom. The number of nitrogens with two attached hydrogens (primary N) is 1. The largest absolute Gasteiger partial charge is 0.573 e. The van der Waals surface area contributed by atoms with Gasteiger partial charge in [-0.3, -0.25) is 0 Å². The van der Waals surface area contributed by atoms with Gasteiger partial charge in [-0.25, -0.2) is 4.98 Å². The smallest absolute Gasteiger partial charge is 0.406 e. The molecule has 3 nitrogen and oxygen atoms in total. The first-order valence-electron chi connectivity index (χ1n) is 5.58. The van der Waals surface area contributed by atoms with Crippen LogP contribution in [0.3, 0.4) is 0 Å². The molecule has 0 saturated carbocycles. The Labute approximate surface area is 124 Å². The summed E-state index contributed by atoms with van der Waals surface area (Å²) < 4.78 is 53.2. The van der Waals surface area contributed by atoms with Gasteiger partial charge in [0.15, 0.2) is 0 Å². The number of pyridine rings is 1. The molecular weight excluding hydrogens is 312 g/mol. The number of aromatic nitrogens is 1. The van der Waals surface area contributed by atoms with Crippen LogP contribution in [-0.4, -0.2) is 11.3 Å². The van der Waals surface area contributed by atoms with Crippen molar-refractivity contribution in [2.24, 2.45) is 5.73 Å². The second kappa shape index (κ2) is 6.73. The van der Waals surface area contributed by atoms with E-state index in [1.165, 1.54) is 30.5 Å². The van der Waals surface area contributed by atoms with E-state index in [9.17, 15) is 17.6 Å². The number of ether oxygens (including phenoxy) is 1. The van der Waals surface area contributed by atoms with Gasteiger partial charge < -0.3 is 10.5 Å². The van der Waals surface area contributed by atoms with E-state index < -0.39 is 18.4 Å². The van der Waals surface area contributed by atoms with Crippen LogP contribution in [0.15, 0.2) is 42.6 Å². The summed E-state index contributed by atoms with van der Waals surface area (Å²) in [5.41, 5.74) is 6.47. The Kier molecular flexibility index (Phi) is 5.51. The zero-order valence-electron chi connectivity index (χ0n) is 10.5. The Bertz CT molecular complexity index is 589. The molecule has 0 unspecified atom stereocenters. The predicted molar refractivity (Wildman–Crippen MR) is 70.6 cm³/mol. The second-order valence-electron chi connectivity index (χ2n) is 3.98. The van der Waals surface area contributed by atoms with Crippen molar-refractivity contribution in [1.82, 2.24) is 4.98 Å². The Balaban J connectivity index is 0.00000220. The molecule has 2 aromatic rings. The average molecular weight is 323 g/mol. The van der Waals surface area contributed by atoms with Crippen LogP contribution in [0.5, 0.6) is 5.75 Å². The zero-order valence-corrected chi connectivity index (χ0v) is 11.3. The molecule has 0 aliphatic carbocycles. The lowest BCUT2D eigenvalue weighted by Gasteiger charge is -2.14. The number of hydrogen-bond acceptors (Lipinski definition) is 3. The van der Waals surface area contributed by atoms with E-state index in [-0.39, 0.29) is 23.7 Å². The van der Waals surface area contributed by atoms with Gasteiger partial charge in [0.05, 0.1) is 6.04 Å². The predicted octanol–water partition coefficient (Wildman–Crippen LogP) is 3.59. The molecule has 8 heteroatoms. The van der Waals surface area contributed by atoms with Crippen LogP contribution in [0, 0.1) is 5.95 Å². The maximum atomic E-state index is 13.5. The van der Waals surface area contributed by atoms with Gasteiger partial charge in [-0.2, -0.15) is 4.39 Å². The molecule has 0 spiro atoms. The molecule has 0 fully saturated rings. The van der Waals surface area contributed by atoms with Crippen molar-refractivity contribution >= 4 is 12.4 Å². The van der Waals surface area contributed by atoms with Gasteiger partial charge in [-0.15, -0.1) is 25.6 Å². The molecule has 1 heterocycles. The highest BCUT2D eigenvalue weighted by atomic mass is 35.5. The van der Waals surface area contributed by atoms with Gasteiger partial charge in [0.2, 0.25) is 5.95 Å². The molecule has 0 radical (unpaired) electrons. The minimum atomic E-state index is -4.75. The molecule has 21 heavy (non-hydrogen) atoms. The van der Waals surface area contributed by atoms with Gasteiger partial charge in [0, 0.05) is 11.8 Å². The van der Waals surface area contributed by atoms with Crippen LogP contribution >= 0.6 is 12.4 Å². The van der Waals surface area contributed by atoms with E-state index in [1.807, 2.05) is 0 Å². The highest BCUT2D eigenvalue weighted by molar-refractivity contribution is 5.85. The van der Waals surface area contributed by atoms with Gasteiger partial charge in [-0.05, 0) is 23.8 Å². The van der Waals surface area contributed by atoms with Crippen molar-refractivity contribution in [3.8, 4) is 5.75 Å². The standard InChI is InChI=1S/C13H10F4N2O.ClH/c14-12-10(2-1-7-19-12)11(18)8-3-5-9(6-4-8)20-13(15,16)17;/h1-7,11H,18H2;1H/t11-;/m1./s1. The van der Waals surface area contributed by atoms with Crippen LogP contribution < -0.4 is 10.5 Å². The summed E-state index contributed by atoms with van der Waals surface area (Å²) in [4.78, 5) is 3.47. The maximum absolute atomic E-state index is 13.5. The summed E-state index contributed by atoms with van der Waals surface area (Å²) >= 11 is 0. The van der Waals surface area contributed by atoms with Gasteiger partial charge in [0.1, 0.15) is 5.75 Å². The molecule has 0 aliphatic heterocycles. The molecule has 1 aromatic heterocycles. The molecule has 0 bridgehead atoms. The minimum Gasteiger partial charge on any atom is -0.406 e. The lowest BCUT2D eigenvalue weighted by atomic mass is 10.0. The minimum absolute atomic E-state index is 0. The van der Waals surface area contributed by atoms with Crippen LogP contribution in [0.2, 0.25) is 0 Å². The van der Waals surface area contributed by atoms with Crippen LogP contribution in [0.25, 0.3) is 0 Å². The summed E-state index contributed by atoms with van der Waals surface area (Å²) in [6, 6.07) is 7.11. The summed E-state index contributed by atoms with van der Waals surface area (Å²) in [6.07, 6.45) is -3.47. The zero-order chi connectivity index (χ0) is 14.8. The summed E-state index contributed by atoms with van der Waals surface area (Å²) in [5, 5.41) is 0. The first kappa shape index (κ1) is 17.2. The summed E-state index contributed by atoms with van der Waals surface area (Å²) in [7, 11) is 0. The third-order valence-electron chi connectivity index (χ3n) is 2.60. The third kappa shape index (κ3) is 4.57. The fourth-order valence-electron chi connectivity index (χ4n) is 1.69. The lowest BCUT2D eigenvalue weighted by molar-refractivity contribution is -0.274. The van der Waals surface area contributed by atoms with Crippen LogP contribution in [-0.2, 0) is 0 Å². The Hall–Kier alpha value is -1.86. The van der Waals surface area contributed by atoms with Crippen molar-refractivity contribution in [1.29, 1.82) is 0 Å². The fourth-order valence-corrected chi connectivity index (χ4v) is 1.69. The SMILES string of the molecule is Cl.N[C@H](c1ccc(OC(F)(F)F)cc1)c1cccnc1F. The molecule has 2 rings (SSSR count). The van der Waals surface area contributed by atoms with Gasteiger partial charge in [0.25, 0.3) is 0 Å². The second-order valence-corrected chi connectivity index (χ2v) is 3.98.